The van der Waals surface area contributed by atoms with Gasteiger partial charge in [-0.05, 0) is 0 Å². The van der Waals surface area contributed by atoms with Crippen LogP contribution in [-0.2, 0) is 4.74 Å². The lowest BCUT2D eigenvalue weighted by Crippen LogP contribution is -2.12. The first-order valence-electron chi connectivity index (χ1n) is 2.51. The Labute approximate surface area is 51.2 Å². The standard InChI is InChI=1S/C5H5NO3/c7-5-1-2-6(8)3-4(5)9-5/h1-3,7-8H. The van der Waals surface area contributed by atoms with Gasteiger partial charge >= 0.3 is 0 Å². The third-order valence-electron chi connectivity index (χ3n) is 1.28. The van der Waals surface area contributed by atoms with Crippen molar-refractivity contribution in [3.05, 3.63) is 24.2 Å². The summed E-state index contributed by atoms with van der Waals surface area (Å²) in [5.74, 6) is -0.813. The number of nitrogens with zero attached hydrogens (tertiary/aromatic N) is 1. The highest BCUT2D eigenvalue weighted by Crippen LogP contribution is 2.41. The minimum Gasteiger partial charge on any atom is -0.447 e. The largest absolute Gasteiger partial charge is 0.447 e. The number of rotatable bonds is 0. The van der Waals surface area contributed by atoms with Crippen LogP contribution in [0.1, 0.15) is 0 Å². The van der Waals surface area contributed by atoms with Gasteiger partial charge in [0.25, 0.3) is 5.79 Å². The van der Waals surface area contributed by atoms with Gasteiger partial charge in [0.2, 0.25) is 0 Å². The van der Waals surface area contributed by atoms with Crippen LogP contribution in [-0.4, -0.2) is 21.2 Å². The maximum Gasteiger partial charge on any atom is 0.290 e. The van der Waals surface area contributed by atoms with E-state index in [0.29, 0.717) is 5.76 Å². The van der Waals surface area contributed by atoms with Gasteiger partial charge in [0.15, 0.2) is 5.76 Å². The quantitative estimate of drug-likeness (QED) is 0.441. The molecule has 0 aromatic heterocycles. The summed E-state index contributed by atoms with van der Waals surface area (Å²) in [7, 11) is 0. The maximum atomic E-state index is 9.05. The molecule has 9 heavy (non-hydrogen) atoms. The molecule has 2 heterocycles. The highest BCUT2D eigenvalue weighted by Gasteiger charge is 2.51. The van der Waals surface area contributed by atoms with Crippen LogP contribution in [0.15, 0.2) is 24.2 Å². The molecule has 0 amide bonds. The van der Waals surface area contributed by atoms with Gasteiger partial charge in [0, 0.05) is 12.3 Å². The summed E-state index contributed by atoms with van der Waals surface area (Å²) >= 11 is 0. The van der Waals surface area contributed by atoms with E-state index in [1.807, 2.05) is 0 Å². The van der Waals surface area contributed by atoms with Crippen LogP contribution in [0.2, 0.25) is 0 Å². The van der Waals surface area contributed by atoms with Gasteiger partial charge in [0.1, 0.15) is 0 Å². The summed E-state index contributed by atoms with van der Waals surface area (Å²) in [6, 6.07) is 0. The molecular formula is C5H5NO3. The molecule has 4 heteroatoms. The molecule has 1 atom stereocenters. The number of aliphatic hydroxyl groups is 1. The molecule has 1 unspecified atom stereocenters. The normalized spacial score (nSPS) is 37.1. The van der Waals surface area contributed by atoms with E-state index in [-0.39, 0.29) is 0 Å². The lowest BCUT2D eigenvalue weighted by atomic mass is 10.3. The second-order valence-corrected chi connectivity index (χ2v) is 1.99. The first-order valence-corrected chi connectivity index (χ1v) is 2.51. The van der Waals surface area contributed by atoms with Crippen LogP contribution < -0.4 is 0 Å². The molecule has 1 fully saturated rings. The zero-order chi connectivity index (χ0) is 6.48. The van der Waals surface area contributed by atoms with Gasteiger partial charge in [0.05, 0.1) is 6.20 Å². The summed E-state index contributed by atoms with van der Waals surface area (Å²) < 4.78 is 4.66. The fourth-order valence-electron chi connectivity index (χ4n) is 0.718. The van der Waals surface area contributed by atoms with Crippen molar-refractivity contribution in [1.82, 2.24) is 5.06 Å². The number of fused-ring (bicyclic) bond motifs is 1. The summed E-state index contributed by atoms with van der Waals surface area (Å²) in [6.07, 6.45) is 3.98. The Balaban J connectivity index is 2.31. The molecule has 0 radical (unpaired) electrons. The number of epoxide rings is 1. The maximum absolute atomic E-state index is 9.05. The van der Waals surface area contributed by atoms with Crippen molar-refractivity contribution in [2.75, 3.05) is 0 Å². The topological polar surface area (TPSA) is 56.2 Å². The van der Waals surface area contributed by atoms with Crippen molar-refractivity contribution < 1.29 is 15.1 Å². The number of hydroxylamine groups is 2. The lowest BCUT2D eigenvalue weighted by molar-refractivity contribution is 0.00488. The summed E-state index contributed by atoms with van der Waals surface area (Å²) in [4.78, 5) is 0. The first-order chi connectivity index (χ1) is 4.21. The van der Waals surface area contributed by atoms with E-state index >= 15 is 0 Å². The minimum atomic E-state index is -1.20. The lowest BCUT2D eigenvalue weighted by Gasteiger charge is -2.05. The SMILES string of the molecule is ON1C=CC2(O)OC2=C1. The van der Waals surface area contributed by atoms with Crippen LogP contribution in [0.25, 0.3) is 0 Å². The third-order valence-corrected chi connectivity index (χ3v) is 1.28. The summed E-state index contributed by atoms with van der Waals surface area (Å²) in [5.41, 5.74) is 0. The molecule has 2 rings (SSSR count). The molecule has 2 aliphatic heterocycles. The van der Waals surface area contributed by atoms with Crippen molar-refractivity contribution in [1.29, 1.82) is 0 Å². The number of hydrogen-bond donors (Lipinski definition) is 2. The second-order valence-electron chi connectivity index (χ2n) is 1.99. The molecule has 1 saturated heterocycles. The molecule has 2 N–H and O–H groups in total. The minimum absolute atomic E-state index is 0.382. The average molecular weight is 127 g/mol. The van der Waals surface area contributed by atoms with E-state index in [0.717, 1.165) is 5.06 Å². The van der Waals surface area contributed by atoms with Gasteiger partial charge in [-0.15, -0.1) is 0 Å². The van der Waals surface area contributed by atoms with E-state index in [9.17, 15) is 0 Å². The van der Waals surface area contributed by atoms with E-state index in [4.69, 9.17) is 10.3 Å². The number of hydrogen-bond acceptors (Lipinski definition) is 4. The van der Waals surface area contributed by atoms with Crippen molar-refractivity contribution in [2.45, 2.75) is 5.79 Å². The Kier molecular flexibility index (Phi) is 0.602. The monoisotopic (exact) mass is 127 g/mol. The van der Waals surface area contributed by atoms with Crippen LogP contribution in [0.5, 0.6) is 0 Å². The Hall–Kier alpha value is -1.00. The Bertz CT molecular complexity index is 210. The molecule has 4 nitrogen and oxygen atoms in total. The van der Waals surface area contributed by atoms with Crippen molar-refractivity contribution in [3.8, 4) is 0 Å². The molecule has 0 aromatic rings. The predicted molar refractivity (Wildman–Crippen MR) is 26.9 cm³/mol. The first kappa shape index (κ1) is 4.84. The zero-order valence-corrected chi connectivity index (χ0v) is 4.48. The molecule has 0 saturated carbocycles. The van der Waals surface area contributed by atoms with Crippen LogP contribution in [0.4, 0.5) is 0 Å². The van der Waals surface area contributed by atoms with Gasteiger partial charge in [-0.2, -0.15) is 0 Å². The van der Waals surface area contributed by atoms with E-state index in [2.05, 4.69) is 4.74 Å². The van der Waals surface area contributed by atoms with Crippen LogP contribution >= 0.6 is 0 Å². The van der Waals surface area contributed by atoms with Crippen LogP contribution in [0, 0.1) is 0 Å². The zero-order valence-electron chi connectivity index (χ0n) is 4.48. The molecule has 2 aliphatic rings. The smallest absolute Gasteiger partial charge is 0.290 e. The van der Waals surface area contributed by atoms with Gasteiger partial charge in [-0.25, -0.2) is 5.06 Å². The fourth-order valence-corrected chi connectivity index (χ4v) is 0.718. The molecule has 0 aromatic carbocycles. The predicted octanol–water partition coefficient (Wildman–Crippen LogP) is -0.235. The van der Waals surface area contributed by atoms with Gasteiger partial charge in [-0.1, -0.05) is 0 Å². The highest BCUT2D eigenvalue weighted by atomic mass is 16.7. The van der Waals surface area contributed by atoms with E-state index < -0.39 is 5.79 Å². The van der Waals surface area contributed by atoms with Gasteiger partial charge in [-0.3, -0.25) is 5.21 Å². The van der Waals surface area contributed by atoms with E-state index in [1.54, 1.807) is 0 Å². The van der Waals surface area contributed by atoms with Gasteiger partial charge < -0.3 is 9.84 Å². The summed E-state index contributed by atoms with van der Waals surface area (Å²) in [5, 5.41) is 18.6. The molecule has 0 bridgehead atoms. The van der Waals surface area contributed by atoms with Crippen molar-refractivity contribution in [2.24, 2.45) is 0 Å². The fraction of sp³-hybridized carbons (Fsp3) is 0.200. The van der Waals surface area contributed by atoms with Crippen molar-refractivity contribution in [3.63, 3.8) is 0 Å². The third kappa shape index (κ3) is 0.540. The average Bonchev–Trinajstić information content (AvgIpc) is 2.41. The molecule has 0 aliphatic carbocycles. The van der Waals surface area contributed by atoms with E-state index in [1.165, 1.54) is 18.5 Å². The molecule has 0 spiro atoms. The summed E-state index contributed by atoms with van der Waals surface area (Å²) in [6.45, 7) is 0. The Morgan fingerprint density at radius 1 is 1.67 bits per heavy atom. The second kappa shape index (κ2) is 1.12. The Morgan fingerprint density at radius 2 is 2.44 bits per heavy atom. The highest BCUT2D eigenvalue weighted by molar-refractivity contribution is 5.30. The molecule has 48 valence electrons. The number of ether oxygens (including phenoxy) is 1. The Morgan fingerprint density at radius 3 is 3.00 bits per heavy atom. The van der Waals surface area contributed by atoms with Crippen LogP contribution in [0.3, 0.4) is 0 Å². The van der Waals surface area contributed by atoms with Crippen molar-refractivity contribution >= 4 is 0 Å². The molecular weight excluding hydrogens is 122 g/mol.